The number of nitrogens with one attached hydrogen (secondary N) is 3. The summed E-state index contributed by atoms with van der Waals surface area (Å²) in [5.41, 5.74) is 3.55. The maximum Gasteiger partial charge on any atom is 0.284 e. The summed E-state index contributed by atoms with van der Waals surface area (Å²) in [6.07, 6.45) is 2.11. The highest BCUT2D eigenvalue weighted by Gasteiger charge is 2.45. The van der Waals surface area contributed by atoms with Crippen LogP contribution in [-0.2, 0) is 4.79 Å². The average Bonchev–Trinajstić information content (AvgIpc) is 2.07. The molecule has 2 unspecified atom stereocenters. The first-order chi connectivity index (χ1) is 6.13. The van der Waals surface area contributed by atoms with Crippen LogP contribution in [0.25, 0.3) is 0 Å². The highest BCUT2D eigenvalue weighted by atomic mass is 16.3. The molecule has 0 saturated heterocycles. The molecule has 0 bridgehead atoms. The molecule has 0 saturated carbocycles. The Bertz CT molecular complexity index is 312. The van der Waals surface area contributed by atoms with E-state index >= 15 is 0 Å². The zero-order valence-corrected chi connectivity index (χ0v) is 6.61. The second-order valence-corrected chi connectivity index (χ2v) is 2.73. The quantitative estimate of drug-likeness (QED) is 0.277. The van der Waals surface area contributed by atoms with Crippen LogP contribution in [-0.4, -0.2) is 28.9 Å². The van der Waals surface area contributed by atoms with E-state index in [4.69, 9.17) is 5.73 Å². The Labute approximate surface area is 73.7 Å². The monoisotopic (exact) mass is 183 g/mol. The Morgan fingerprint density at radius 1 is 1.62 bits per heavy atom. The highest BCUT2D eigenvalue weighted by Crippen LogP contribution is 2.10. The fourth-order valence-corrected chi connectivity index (χ4v) is 1.17. The van der Waals surface area contributed by atoms with E-state index in [1.54, 1.807) is 0 Å². The van der Waals surface area contributed by atoms with Crippen LogP contribution in [0.4, 0.5) is 0 Å². The molecule has 0 spiro atoms. The van der Waals surface area contributed by atoms with Gasteiger partial charge in [0.25, 0.3) is 11.6 Å². The fourth-order valence-electron chi connectivity index (χ4n) is 1.17. The SMILES string of the molecule is NC1N=C2NC=CNC2(O)C(=O)N1. The lowest BCUT2D eigenvalue weighted by atomic mass is 10.1. The molecule has 7 nitrogen and oxygen atoms in total. The van der Waals surface area contributed by atoms with Crippen molar-refractivity contribution in [3.63, 3.8) is 0 Å². The van der Waals surface area contributed by atoms with E-state index in [0.717, 1.165) is 0 Å². The lowest BCUT2D eigenvalue weighted by Crippen LogP contribution is -2.70. The van der Waals surface area contributed by atoms with E-state index in [-0.39, 0.29) is 5.84 Å². The van der Waals surface area contributed by atoms with E-state index in [1.807, 2.05) is 0 Å². The predicted octanol–water partition coefficient (Wildman–Crippen LogP) is -2.89. The van der Waals surface area contributed by atoms with Gasteiger partial charge in [0.15, 0.2) is 12.1 Å². The summed E-state index contributed by atoms with van der Waals surface area (Å²) < 4.78 is 0. The van der Waals surface area contributed by atoms with Gasteiger partial charge in [-0.1, -0.05) is 0 Å². The third kappa shape index (κ3) is 1.05. The van der Waals surface area contributed by atoms with Crippen molar-refractivity contribution in [3.8, 4) is 0 Å². The average molecular weight is 183 g/mol. The Kier molecular flexibility index (Phi) is 1.51. The van der Waals surface area contributed by atoms with Gasteiger partial charge < -0.3 is 21.1 Å². The minimum atomic E-state index is -1.81. The van der Waals surface area contributed by atoms with E-state index in [0.29, 0.717) is 0 Å². The van der Waals surface area contributed by atoms with Crippen molar-refractivity contribution in [3.05, 3.63) is 12.4 Å². The molecule has 0 aromatic rings. The molecule has 0 aromatic carbocycles. The lowest BCUT2D eigenvalue weighted by molar-refractivity contribution is -0.137. The fraction of sp³-hybridized carbons (Fsp3) is 0.333. The number of nitrogens with two attached hydrogens (primary N) is 1. The maximum atomic E-state index is 11.3. The van der Waals surface area contributed by atoms with Crippen LogP contribution in [0.3, 0.4) is 0 Å². The van der Waals surface area contributed by atoms with Crippen molar-refractivity contribution in [1.29, 1.82) is 0 Å². The molecule has 0 aliphatic carbocycles. The Morgan fingerprint density at radius 2 is 2.38 bits per heavy atom. The molecule has 0 fully saturated rings. The first kappa shape index (κ1) is 8.02. The Morgan fingerprint density at radius 3 is 3.15 bits per heavy atom. The number of amidine groups is 1. The third-order valence-corrected chi connectivity index (χ3v) is 1.81. The molecule has 2 aliphatic heterocycles. The largest absolute Gasteiger partial charge is 0.357 e. The van der Waals surface area contributed by atoms with Crippen LogP contribution >= 0.6 is 0 Å². The Hall–Kier alpha value is -1.60. The number of rotatable bonds is 0. The van der Waals surface area contributed by atoms with Crippen LogP contribution in [0.1, 0.15) is 0 Å². The smallest absolute Gasteiger partial charge is 0.284 e. The van der Waals surface area contributed by atoms with Crippen LogP contribution in [0.5, 0.6) is 0 Å². The van der Waals surface area contributed by atoms with Crippen molar-refractivity contribution >= 4 is 11.7 Å². The molecule has 2 atom stereocenters. The molecule has 2 rings (SSSR count). The van der Waals surface area contributed by atoms with Crippen molar-refractivity contribution in [2.45, 2.75) is 12.0 Å². The summed E-state index contributed by atoms with van der Waals surface area (Å²) >= 11 is 0. The number of hydrogen-bond acceptors (Lipinski definition) is 6. The van der Waals surface area contributed by atoms with Gasteiger partial charge in [-0.25, -0.2) is 4.99 Å². The van der Waals surface area contributed by atoms with Gasteiger partial charge in [-0.15, -0.1) is 0 Å². The number of fused-ring (bicyclic) bond motifs is 1. The number of carbonyl (C=O) groups is 1. The van der Waals surface area contributed by atoms with E-state index in [1.165, 1.54) is 12.4 Å². The van der Waals surface area contributed by atoms with Gasteiger partial charge in [0.2, 0.25) is 0 Å². The topological polar surface area (TPSA) is 112 Å². The number of aliphatic imine (C=N–C) groups is 1. The molecule has 13 heavy (non-hydrogen) atoms. The number of hydrogen-bond donors (Lipinski definition) is 5. The Balaban J connectivity index is 2.42. The minimum absolute atomic E-state index is 0.103. The first-order valence-corrected chi connectivity index (χ1v) is 3.69. The molecular formula is C6H9N5O2. The molecule has 6 N–H and O–H groups in total. The molecule has 1 amide bonds. The molecule has 7 heteroatoms. The molecule has 2 heterocycles. The van der Waals surface area contributed by atoms with Crippen LogP contribution in [0.2, 0.25) is 0 Å². The summed E-state index contributed by atoms with van der Waals surface area (Å²) in [6.45, 7) is 0. The third-order valence-electron chi connectivity index (χ3n) is 1.81. The van der Waals surface area contributed by atoms with Crippen molar-refractivity contribution < 1.29 is 9.90 Å². The van der Waals surface area contributed by atoms with Crippen LogP contribution < -0.4 is 21.7 Å². The van der Waals surface area contributed by atoms with Crippen molar-refractivity contribution in [2.24, 2.45) is 10.7 Å². The first-order valence-electron chi connectivity index (χ1n) is 3.69. The maximum absolute atomic E-state index is 11.3. The number of nitrogens with zero attached hydrogens (tertiary/aromatic N) is 1. The van der Waals surface area contributed by atoms with Crippen LogP contribution in [0, 0.1) is 0 Å². The summed E-state index contributed by atoms with van der Waals surface area (Å²) in [7, 11) is 0. The molecule has 0 aromatic heterocycles. The molecule has 2 aliphatic rings. The second-order valence-electron chi connectivity index (χ2n) is 2.73. The summed E-state index contributed by atoms with van der Waals surface area (Å²) in [6, 6.07) is 0. The highest BCUT2D eigenvalue weighted by molar-refractivity contribution is 6.12. The minimum Gasteiger partial charge on any atom is -0.357 e. The summed E-state index contributed by atoms with van der Waals surface area (Å²) in [5.74, 6) is -0.520. The van der Waals surface area contributed by atoms with Gasteiger partial charge in [-0.2, -0.15) is 0 Å². The predicted molar refractivity (Wildman–Crippen MR) is 43.9 cm³/mol. The standard InChI is InChI=1S/C6H9N5O2/c7-5-10-3-6(13,4(12)11-5)9-2-1-8-3/h1-2,5,9,13H,7H2,(H,8,10)(H,11,12). The molecule has 0 radical (unpaired) electrons. The zero-order valence-electron chi connectivity index (χ0n) is 6.61. The van der Waals surface area contributed by atoms with Gasteiger partial charge in [0.05, 0.1) is 0 Å². The van der Waals surface area contributed by atoms with Gasteiger partial charge in [-0.3, -0.25) is 10.5 Å². The lowest BCUT2D eigenvalue weighted by Gasteiger charge is -2.35. The van der Waals surface area contributed by atoms with Crippen molar-refractivity contribution in [1.82, 2.24) is 16.0 Å². The molecule has 70 valence electrons. The second kappa shape index (κ2) is 2.44. The zero-order chi connectivity index (χ0) is 9.47. The molecular weight excluding hydrogens is 174 g/mol. The number of carbonyl (C=O) groups excluding carboxylic acids is 1. The van der Waals surface area contributed by atoms with E-state index in [9.17, 15) is 9.90 Å². The van der Waals surface area contributed by atoms with E-state index < -0.39 is 17.9 Å². The summed E-state index contributed by atoms with van der Waals surface area (Å²) in [4.78, 5) is 15.1. The van der Waals surface area contributed by atoms with E-state index in [2.05, 4.69) is 20.9 Å². The van der Waals surface area contributed by atoms with Gasteiger partial charge in [0, 0.05) is 12.4 Å². The number of aliphatic hydroxyl groups is 1. The van der Waals surface area contributed by atoms with Gasteiger partial charge in [-0.05, 0) is 0 Å². The van der Waals surface area contributed by atoms with Crippen LogP contribution in [0.15, 0.2) is 17.4 Å². The van der Waals surface area contributed by atoms with Gasteiger partial charge >= 0.3 is 0 Å². The number of amides is 1. The normalized spacial score (nSPS) is 36.6. The summed E-state index contributed by atoms with van der Waals surface area (Å²) in [5, 5.41) is 17.2. The van der Waals surface area contributed by atoms with Gasteiger partial charge in [0.1, 0.15) is 0 Å². The van der Waals surface area contributed by atoms with Crippen molar-refractivity contribution in [2.75, 3.05) is 0 Å².